The monoisotopic (exact) mass is 484 g/mol. The Morgan fingerprint density at radius 2 is 1.74 bits per heavy atom. The molecule has 0 aliphatic heterocycles. The van der Waals surface area contributed by atoms with Crippen LogP contribution in [0.25, 0.3) is 0 Å². The molecule has 34 heavy (non-hydrogen) atoms. The number of nitrogen functional groups attached to an aromatic ring is 1. The van der Waals surface area contributed by atoms with E-state index in [1.807, 2.05) is 30.3 Å². The highest BCUT2D eigenvalue weighted by Gasteiger charge is 2.20. The lowest BCUT2D eigenvalue weighted by Gasteiger charge is -2.24. The molecule has 0 unspecified atom stereocenters. The largest absolute Gasteiger partial charge is 0.492 e. The first-order chi connectivity index (χ1) is 16.2. The quantitative estimate of drug-likeness (QED) is 0.483. The molecule has 3 aromatic rings. The molecule has 0 aliphatic rings. The van der Waals surface area contributed by atoms with Crippen molar-refractivity contribution in [3.05, 3.63) is 76.4 Å². The molecule has 9 nitrogen and oxygen atoms in total. The van der Waals surface area contributed by atoms with E-state index in [1.54, 1.807) is 49.1 Å². The van der Waals surface area contributed by atoms with Crippen LogP contribution in [0.3, 0.4) is 0 Å². The van der Waals surface area contributed by atoms with Gasteiger partial charge in [0.25, 0.3) is 5.91 Å². The lowest BCUT2D eigenvalue weighted by molar-refractivity contribution is 0.0717. The van der Waals surface area contributed by atoms with Gasteiger partial charge >= 0.3 is 6.03 Å². The van der Waals surface area contributed by atoms with E-state index < -0.39 is 0 Å². The number of hydrogen-bond acceptors (Lipinski definition) is 5. The van der Waals surface area contributed by atoms with E-state index in [2.05, 4.69) is 10.2 Å². The Bertz CT molecular complexity index is 1120. The summed E-state index contributed by atoms with van der Waals surface area (Å²) >= 11 is 6.01. The van der Waals surface area contributed by atoms with E-state index in [-0.39, 0.29) is 24.4 Å². The van der Waals surface area contributed by atoms with Crippen LogP contribution in [0.15, 0.2) is 54.7 Å². The molecule has 180 valence electrons. The fraction of sp³-hybridized carbons (Fsp3) is 0.292. The molecule has 0 saturated heterocycles. The summed E-state index contributed by atoms with van der Waals surface area (Å²) in [7, 11) is 5.19. The number of carbonyl (C=O) groups excluding carboxylic acids is 2. The number of ether oxygens (including phenoxy) is 1. The summed E-state index contributed by atoms with van der Waals surface area (Å²) in [5.74, 6) is 0.597. The zero-order chi connectivity index (χ0) is 24.7. The van der Waals surface area contributed by atoms with Gasteiger partial charge in [-0.15, -0.1) is 0 Å². The van der Waals surface area contributed by atoms with E-state index >= 15 is 0 Å². The SMILES string of the molecule is CN(C)C(=O)N(C)Cc1ccc(CN(CCOc2cccc(Cl)c2)C(=O)c2cn[nH]c2N)cc1. The standard InChI is InChI=1S/C24H29ClN6O3/c1-29(2)24(33)30(3)15-17-7-9-18(10-8-17)16-31(23(32)21-14-27-28-22(21)26)11-12-34-20-6-4-5-19(25)13-20/h4-10,13-14H,11-12,15-16H2,1-3H3,(H3,26,27,28). The molecule has 0 fully saturated rings. The molecule has 10 heteroatoms. The first kappa shape index (κ1) is 24.9. The molecule has 0 radical (unpaired) electrons. The highest BCUT2D eigenvalue weighted by Crippen LogP contribution is 2.18. The number of aromatic nitrogens is 2. The molecule has 0 atom stereocenters. The minimum absolute atomic E-state index is 0.0711. The van der Waals surface area contributed by atoms with Crippen molar-refractivity contribution in [2.45, 2.75) is 13.1 Å². The number of nitrogens with two attached hydrogens (primary N) is 1. The smallest absolute Gasteiger partial charge is 0.319 e. The molecule has 0 saturated carbocycles. The highest BCUT2D eigenvalue weighted by atomic mass is 35.5. The molecule has 3 rings (SSSR count). The fourth-order valence-corrected chi connectivity index (χ4v) is 3.55. The Kier molecular flexibility index (Phi) is 8.37. The zero-order valence-electron chi connectivity index (χ0n) is 19.5. The number of halogens is 1. The lowest BCUT2D eigenvalue weighted by Crippen LogP contribution is -2.35. The van der Waals surface area contributed by atoms with Crippen LogP contribution in [0.5, 0.6) is 5.75 Å². The van der Waals surface area contributed by atoms with Gasteiger partial charge in [-0.25, -0.2) is 4.79 Å². The Labute approximate surface area is 204 Å². The molecular formula is C24H29ClN6O3. The third kappa shape index (κ3) is 6.64. The molecule has 0 bridgehead atoms. The van der Waals surface area contributed by atoms with Crippen molar-refractivity contribution in [1.29, 1.82) is 0 Å². The zero-order valence-corrected chi connectivity index (χ0v) is 20.2. The van der Waals surface area contributed by atoms with E-state index in [1.165, 1.54) is 11.1 Å². The van der Waals surface area contributed by atoms with Crippen LogP contribution in [0.1, 0.15) is 21.5 Å². The van der Waals surface area contributed by atoms with E-state index in [0.29, 0.717) is 36.0 Å². The first-order valence-corrected chi connectivity index (χ1v) is 11.1. The van der Waals surface area contributed by atoms with Gasteiger partial charge in [0, 0.05) is 39.3 Å². The number of nitrogens with zero attached hydrogens (tertiary/aromatic N) is 4. The van der Waals surface area contributed by atoms with Crippen LogP contribution in [-0.4, -0.2) is 71.1 Å². The third-order valence-corrected chi connectivity index (χ3v) is 5.37. The van der Waals surface area contributed by atoms with Gasteiger partial charge in [0.2, 0.25) is 0 Å². The summed E-state index contributed by atoms with van der Waals surface area (Å²) in [6, 6.07) is 14.8. The van der Waals surface area contributed by atoms with Crippen molar-refractivity contribution in [1.82, 2.24) is 24.9 Å². The lowest BCUT2D eigenvalue weighted by atomic mass is 10.1. The van der Waals surface area contributed by atoms with Gasteiger partial charge in [-0.2, -0.15) is 5.10 Å². The second-order valence-electron chi connectivity index (χ2n) is 8.08. The van der Waals surface area contributed by atoms with Gasteiger partial charge in [-0.05, 0) is 29.3 Å². The van der Waals surface area contributed by atoms with Crippen molar-refractivity contribution in [3.8, 4) is 5.75 Å². The van der Waals surface area contributed by atoms with Gasteiger partial charge in [-0.1, -0.05) is 41.9 Å². The number of urea groups is 1. The molecule has 1 aromatic heterocycles. The van der Waals surface area contributed by atoms with Crippen molar-refractivity contribution in [3.63, 3.8) is 0 Å². The summed E-state index contributed by atoms with van der Waals surface area (Å²) < 4.78 is 5.78. The third-order valence-electron chi connectivity index (χ3n) is 5.14. The van der Waals surface area contributed by atoms with Crippen molar-refractivity contribution >= 4 is 29.4 Å². The van der Waals surface area contributed by atoms with Crippen LogP contribution in [0.2, 0.25) is 5.02 Å². The van der Waals surface area contributed by atoms with Gasteiger partial charge in [0.05, 0.1) is 12.7 Å². The molecule has 1 heterocycles. The van der Waals surface area contributed by atoms with Crippen molar-refractivity contribution in [2.75, 3.05) is 40.0 Å². The number of hydrogen-bond donors (Lipinski definition) is 2. The number of nitrogens with one attached hydrogen (secondary N) is 1. The number of benzene rings is 2. The topological polar surface area (TPSA) is 108 Å². The van der Waals surface area contributed by atoms with Gasteiger partial charge in [0.1, 0.15) is 23.7 Å². The van der Waals surface area contributed by atoms with E-state index in [9.17, 15) is 9.59 Å². The maximum absolute atomic E-state index is 13.1. The molecule has 3 N–H and O–H groups in total. The van der Waals surface area contributed by atoms with Crippen LogP contribution in [0.4, 0.5) is 10.6 Å². The van der Waals surface area contributed by atoms with Crippen molar-refractivity contribution in [2.24, 2.45) is 0 Å². The molecule has 0 aliphatic carbocycles. The summed E-state index contributed by atoms with van der Waals surface area (Å²) in [6.07, 6.45) is 1.42. The predicted octanol–water partition coefficient (Wildman–Crippen LogP) is 3.48. The van der Waals surface area contributed by atoms with Gasteiger partial charge in [0.15, 0.2) is 0 Å². The minimum atomic E-state index is -0.249. The van der Waals surface area contributed by atoms with Crippen LogP contribution >= 0.6 is 11.6 Å². The average Bonchev–Trinajstić information content (AvgIpc) is 3.24. The Balaban J connectivity index is 1.68. The highest BCUT2D eigenvalue weighted by molar-refractivity contribution is 6.30. The van der Waals surface area contributed by atoms with Crippen LogP contribution in [-0.2, 0) is 13.1 Å². The minimum Gasteiger partial charge on any atom is -0.492 e. The number of rotatable bonds is 9. The van der Waals surface area contributed by atoms with Gasteiger partial charge in [-0.3, -0.25) is 9.89 Å². The first-order valence-electron chi connectivity index (χ1n) is 10.7. The number of H-pyrrole nitrogens is 1. The second-order valence-corrected chi connectivity index (χ2v) is 8.52. The average molecular weight is 485 g/mol. The van der Waals surface area contributed by atoms with Gasteiger partial charge < -0.3 is 25.2 Å². The maximum Gasteiger partial charge on any atom is 0.319 e. The summed E-state index contributed by atoms with van der Waals surface area (Å²) in [5, 5.41) is 7.03. The normalized spacial score (nSPS) is 10.6. The summed E-state index contributed by atoms with van der Waals surface area (Å²) in [6.45, 7) is 1.45. The van der Waals surface area contributed by atoms with E-state index in [0.717, 1.165) is 11.1 Å². The van der Waals surface area contributed by atoms with Crippen LogP contribution in [0, 0.1) is 0 Å². The predicted molar refractivity (Wildman–Crippen MR) is 132 cm³/mol. The van der Waals surface area contributed by atoms with Crippen LogP contribution < -0.4 is 10.5 Å². The Morgan fingerprint density at radius 1 is 1.06 bits per heavy atom. The number of carbonyl (C=O) groups is 2. The second kappa shape index (κ2) is 11.4. The molecule has 0 spiro atoms. The number of aromatic amines is 1. The Morgan fingerprint density at radius 3 is 2.32 bits per heavy atom. The van der Waals surface area contributed by atoms with Crippen molar-refractivity contribution < 1.29 is 14.3 Å². The molecule has 3 amide bonds. The molecular weight excluding hydrogens is 456 g/mol. The molecule has 2 aromatic carbocycles. The number of anilines is 1. The maximum atomic E-state index is 13.1. The number of amides is 3. The summed E-state index contributed by atoms with van der Waals surface area (Å²) in [5.41, 5.74) is 8.10. The fourth-order valence-electron chi connectivity index (χ4n) is 3.37. The Hall–Kier alpha value is -3.72. The summed E-state index contributed by atoms with van der Waals surface area (Å²) in [4.78, 5) is 30.0. The van der Waals surface area contributed by atoms with E-state index in [4.69, 9.17) is 22.1 Å².